The topological polar surface area (TPSA) is 114 Å². The molecule has 0 aromatic rings. The van der Waals surface area contributed by atoms with Gasteiger partial charge in [-0.1, -0.05) is 27.7 Å². The van der Waals surface area contributed by atoms with Gasteiger partial charge in [-0.15, -0.1) is 0 Å². The van der Waals surface area contributed by atoms with Crippen molar-refractivity contribution < 1.29 is 23.3 Å². The van der Waals surface area contributed by atoms with E-state index in [1.165, 1.54) is 0 Å². The Morgan fingerprint density at radius 1 is 1.31 bits per heavy atom. The van der Waals surface area contributed by atoms with Crippen molar-refractivity contribution in [2.24, 2.45) is 17.6 Å². The first-order valence-corrected chi connectivity index (χ1v) is 14.6. The van der Waals surface area contributed by atoms with Gasteiger partial charge in [0.05, 0.1) is 24.6 Å². The van der Waals surface area contributed by atoms with Gasteiger partial charge in [0, 0.05) is 12.5 Å². The Morgan fingerprint density at radius 3 is 2.41 bits per heavy atom. The van der Waals surface area contributed by atoms with Gasteiger partial charge in [-0.25, -0.2) is 4.79 Å². The maximum absolute atomic E-state index is 13.3. The van der Waals surface area contributed by atoms with E-state index in [2.05, 4.69) is 25.8 Å². The number of nitrogens with zero attached hydrogens (tertiary/aromatic N) is 2. The third kappa shape index (κ3) is 5.28. The van der Waals surface area contributed by atoms with Crippen LogP contribution in [0.3, 0.4) is 0 Å². The van der Waals surface area contributed by atoms with E-state index in [-0.39, 0.29) is 42.1 Å². The minimum absolute atomic E-state index is 0.0455. The van der Waals surface area contributed by atoms with E-state index in [4.69, 9.17) is 22.7 Å². The van der Waals surface area contributed by atoms with Gasteiger partial charge in [0.15, 0.2) is 16.3 Å². The van der Waals surface area contributed by atoms with Crippen molar-refractivity contribution in [3.8, 4) is 0 Å². The maximum atomic E-state index is 13.3. The number of β-lactam (4-membered cyclic amide) rings is 1. The summed E-state index contributed by atoms with van der Waals surface area (Å²) < 4.78 is 11.8. The number of carbonyl (C=O) groups excluding carboxylic acids is 3. The standard InChI is InChI=1S/C20H36BN4O5PSi/c1-7-32(8-2,9-3)30-13(5)16-17-12(4)14(10-24(6)11-15(22)26)18(25(17)19(16)27)20(28)29-31-23-21/h12-13,16-17,23,31H,7-11H2,1-6H3,(H2,22,26)/t12-,13+,16+,17?/m0/s1. The average molecular weight is 482 g/mol. The van der Waals surface area contributed by atoms with Crippen molar-refractivity contribution in [3.63, 3.8) is 0 Å². The average Bonchev–Trinajstić information content (AvgIpc) is 2.98. The minimum atomic E-state index is -1.90. The van der Waals surface area contributed by atoms with Crippen LogP contribution in [0.25, 0.3) is 0 Å². The number of likely N-dealkylation sites (N-methyl/N-ethyl adjacent to an activating group) is 1. The van der Waals surface area contributed by atoms with E-state index in [1.807, 2.05) is 13.8 Å². The van der Waals surface area contributed by atoms with Gasteiger partial charge in [0.1, 0.15) is 14.7 Å². The second kappa shape index (κ2) is 11.2. The summed E-state index contributed by atoms with van der Waals surface area (Å²) in [5.41, 5.74) is 6.34. The van der Waals surface area contributed by atoms with Gasteiger partial charge >= 0.3 is 5.97 Å². The molecule has 0 aromatic heterocycles. The molecule has 1 saturated heterocycles. The van der Waals surface area contributed by atoms with Crippen LogP contribution < -0.4 is 10.7 Å². The Kier molecular flexibility index (Phi) is 9.48. The summed E-state index contributed by atoms with van der Waals surface area (Å²) in [6.45, 7) is 10.8. The number of hydrogen-bond acceptors (Lipinski definition) is 7. The van der Waals surface area contributed by atoms with Gasteiger partial charge in [-0.05, 0) is 37.7 Å². The quantitative estimate of drug-likeness (QED) is 0.231. The molecule has 0 aliphatic carbocycles. The van der Waals surface area contributed by atoms with Crippen molar-refractivity contribution in [2.75, 3.05) is 20.1 Å². The molecular formula is C20H36BN4O5PSi. The van der Waals surface area contributed by atoms with E-state index >= 15 is 0 Å². The highest BCUT2D eigenvalue weighted by molar-refractivity contribution is 7.32. The first kappa shape index (κ1) is 27.0. The molecule has 2 amide bonds. The minimum Gasteiger partial charge on any atom is -0.428 e. The number of nitrogens with two attached hydrogens (primary N) is 1. The predicted molar refractivity (Wildman–Crippen MR) is 128 cm³/mol. The third-order valence-corrected chi connectivity index (χ3v) is 12.1. The molecule has 2 aliphatic heterocycles. The lowest BCUT2D eigenvalue weighted by molar-refractivity contribution is -0.161. The highest BCUT2D eigenvalue weighted by Crippen LogP contribution is 2.48. The Morgan fingerprint density at radius 2 is 1.91 bits per heavy atom. The molecule has 12 heteroatoms. The summed E-state index contributed by atoms with van der Waals surface area (Å²) in [6, 6.07) is 2.83. The normalized spacial score (nSPS) is 24.3. The van der Waals surface area contributed by atoms with E-state index < -0.39 is 29.2 Å². The van der Waals surface area contributed by atoms with Crippen LogP contribution in [0.4, 0.5) is 0 Å². The van der Waals surface area contributed by atoms with Gasteiger partial charge in [0.2, 0.25) is 11.8 Å². The van der Waals surface area contributed by atoms with Crippen molar-refractivity contribution in [1.29, 1.82) is 0 Å². The van der Waals surface area contributed by atoms with Crippen LogP contribution in [-0.4, -0.2) is 76.2 Å². The monoisotopic (exact) mass is 482 g/mol. The van der Waals surface area contributed by atoms with Crippen LogP contribution in [0, 0.1) is 11.8 Å². The molecule has 0 aromatic carbocycles. The lowest BCUT2D eigenvalue weighted by Crippen LogP contribution is -2.65. The lowest BCUT2D eigenvalue weighted by atomic mass is 9.77. The summed E-state index contributed by atoms with van der Waals surface area (Å²) in [7, 11) is 4.68. The molecule has 0 bridgehead atoms. The SMILES string of the molecule is [B]NPOC(=O)C1=C(CN(C)CC(N)=O)[C@H](C)C2[C@@H]([C@@H](C)O[Si](CC)(CC)CC)C(=O)N12. The molecule has 2 aliphatic rings. The molecule has 1 fully saturated rings. The molecular weight excluding hydrogens is 446 g/mol. The van der Waals surface area contributed by atoms with Crippen LogP contribution in [0.2, 0.25) is 18.1 Å². The number of fused-ring (bicyclic) bond motifs is 1. The lowest BCUT2D eigenvalue weighted by Gasteiger charge is -2.49. The molecule has 5 atom stereocenters. The molecule has 2 unspecified atom stereocenters. The van der Waals surface area contributed by atoms with Crippen LogP contribution in [0.5, 0.6) is 0 Å². The Hall–Kier alpha value is -1.26. The van der Waals surface area contributed by atoms with Gasteiger partial charge < -0.3 is 24.6 Å². The number of primary amides is 1. The first-order chi connectivity index (χ1) is 15.1. The number of rotatable bonds is 13. The van der Waals surface area contributed by atoms with Crippen LogP contribution >= 0.6 is 8.96 Å². The maximum Gasteiger partial charge on any atom is 0.358 e. The van der Waals surface area contributed by atoms with Crippen molar-refractivity contribution in [1.82, 2.24) is 14.8 Å². The molecule has 178 valence electrons. The Balaban J connectivity index is 2.31. The number of nitrogens with one attached hydrogen (secondary N) is 1. The molecule has 2 heterocycles. The second-order valence-electron chi connectivity index (χ2n) is 8.73. The Labute approximate surface area is 195 Å². The smallest absolute Gasteiger partial charge is 0.358 e. The molecule has 3 N–H and O–H groups in total. The van der Waals surface area contributed by atoms with Gasteiger partial charge in [-0.2, -0.15) is 0 Å². The van der Waals surface area contributed by atoms with Crippen molar-refractivity contribution in [2.45, 2.75) is 64.9 Å². The van der Waals surface area contributed by atoms with E-state index in [9.17, 15) is 14.4 Å². The molecule has 9 nitrogen and oxygen atoms in total. The van der Waals surface area contributed by atoms with Gasteiger partial charge in [-0.3, -0.25) is 14.5 Å². The summed E-state index contributed by atoms with van der Waals surface area (Å²) in [5.74, 6) is -1.59. The molecule has 0 saturated carbocycles. The molecule has 32 heavy (non-hydrogen) atoms. The summed E-state index contributed by atoms with van der Waals surface area (Å²) in [6.07, 6.45) is -0.231. The highest BCUT2D eigenvalue weighted by atomic mass is 31.1. The number of carbonyl (C=O) groups is 3. The zero-order chi connectivity index (χ0) is 24.2. The van der Waals surface area contributed by atoms with Gasteiger partial charge in [0.25, 0.3) is 0 Å². The fourth-order valence-corrected chi connectivity index (χ4v) is 8.22. The van der Waals surface area contributed by atoms with E-state index in [0.717, 1.165) is 23.7 Å². The Bertz CT molecular complexity index is 758. The zero-order valence-corrected chi connectivity index (χ0v) is 21.9. The molecule has 2 radical (unpaired) electrons. The summed E-state index contributed by atoms with van der Waals surface area (Å²) in [5, 5.41) is 0. The fraction of sp³-hybridized carbons (Fsp3) is 0.750. The molecule has 0 spiro atoms. The van der Waals surface area contributed by atoms with Crippen LogP contribution in [-0.2, 0) is 23.3 Å². The number of amides is 2. The largest absolute Gasteiger partial charge is 0.428 e. The van der Waals surface area contributed by atoms with Crippen LogP contribution in [0.15, 0.2) is 11.3 Å². The third-order valence-electron chi connectivity index (χ3n) is 6.93. The number of hydrogen-bond donors (Lipinski definition) is 2. The summed E-state index contributed by atoms with van der Waals surface area (Å²) >= 11 is 0. The van der Waals surface area contributed by atoms with Crippen molar-refractivity contribution >= 4 is 43.0 Å². The van der Waals surface area contributed by atoms with E-state index in [0.29, 0.717) is 6.54 Å². The summed E-state index contributed by atoms with van der Waals surface area (Å²) in [4.78, 5) is 43.1. The predicted octanol–water partition coefficient (Wildman–Crippen LogP) is 1.27. The van der Waals surface area contributed by atoms with Crippen molar-refractivity contribution in [3.05, 3.63) is 11.3 Å². The second-order valence-corrected chi connectivity index (χ2v) is 14.1. The van der Waals surface area contributed by atoms with Crippen LogP contribution in [0.1, 0.15) is 34.6 Å². The first-order valence-electron chi connectivity index (χ1n) is 11.2. The fourth-order valence-electron chi connectivity index (χ4n) is 5.03. The highest BCUT2D eigenvalue weighted by Gasteiger charge is 2.60. The molecule has 2 rings (SSSR count). The van der Waals surface area contributed by atoms with E-state index in [1.54, 1.807) is 16.8 Å². The zero-order valence-electron chi connectivity index (χ0n) is 19.9.